The van der Waals surface area contributed by atoms with E-state index in [0.717, 1.165) is 12.2 Å². The highest BCUT2D eigenvalue weighted by Gasteiger charge is 2.21. The molecule has 0 aliphatic carbocycles. The Hall–Kier alpha value is -1.55. The van der Waals surface area contributed by atoms with E-state index in [0.29, 0.717) is 6.54 Å². The van der Waals surface area contributed by atoms with Gasteiger partial charge in [0, 0.05) is 6.54 Å². The monoisotopic (exact) mass is 223 g/mol. The van der Waals surface area contributed by atoms with E-state index in [1.54, 1.807) is 12.3 Å². The molecule has 4 nitrogen and oxygen atoms in total. The summed E-state index contributed by atoms with van der Waals surface area (Å²) in [4.78, 5) is 12.6. The molecule has 0 aliphatic rings. The lowest BCUT2D eigenvalue weighted by Gasteiger charge is -2.26. The van der Waals surface area contributed by atoms with Crippen molar-refractivity contribution in [3.05, 3.63) is 36.8 Å². The van der Waals surface area contributed by atoms with Crippen LogP contribution in [0.4, 0.5) is 0 Å². The van der Waals surface area contributed by atoms with Crippen LogP contribution in [0, 0.1) is 0 Å². The lowest BCUT2D eigenvalue weighted by Crippen LogP contribution is -2.33. The van der Waals surface area contributed by atoms with Crippen LogP contribution < -0.4 is 0 Å². The van der Waals surface area contributed by atoms with Crippen molar-refractivity contribution < 1.29 is 14.3 Å². The molecule has 0 radical (unpaired) electrons. The Bertz CT molecular complexity index is 332. The molecule has 1 atom stereocenters. The standard InChI is InChI=1S/C12H17NO3/c1-3-7-13(9-12(14)15)10(4-2)11-6-5-8-16-11/h3,5-6,8,10H,1,4,7,9H2,2H3,(H,14,15). The Morgan fingerprint density at radius 2 is 2.50 bits per heavy atom. The summed E-state index contributed by atoms with van der Waals surface area (Å²) in [6.45, 7) is 6.17. The highest BCUT2D eigenvalue weighted by molar-refractivity contribution is 5.69. The topological polar surface area (TPSA) is 53.7 Å². The fourth-order valence-electron chi connectivity index (χ4n) is 1.76. The second-order valence-corrected chi connectivity index (χ2v) is 3.55. The zero-order chi connectivity index (χ0) is 12.0. The van der Waals surface area contributed by atoms with E-state index < -0.39 is 5.97 Å². The van der Waals surface area contributed by atoms with Crippen molar-refractivity contribution in [2.24, 2.45) is 0 Å². The highest BCUT2D eigenvalue weighted by atomic mass is 16.4. The molecule has 1 heterocycles. The van der Waals surface area contributed by atoms with E-state index >= 15 is 0 Å². The predicted octanol–water partition coefficient (Wildman–Crippen LogP) is 2.30. The minimum absolute atomic E-state index is 0.00870. The summed E-state index contributed by atoms with van der Waals surface area (Å²) in [5.74, 6) is -0.0440. The molecule has 4 heteroatoms. The van der Waals surface area contributed by atoms with E-state index in [1.165, 1.54) is 0 Å². The van der Waals surface area contributed by atoms with E-state index in [-0.39, 0.29) is 12.6 Å². The molecule has 16 heavy (non-hydrogen) atoms. The Morgan fingerprint density at radius 1 is 1.75 bits per heavy atom. The van der Waals surface area contributed by atoms with Crippen molar-refractivity contribution >= 4 is 5.97 Å². The van der Waals surface area contributed by atoms with Crippen molar-refractivity contribution in [1.29, 1.82) is 0 Å². The Balaban J connectivity index is 2.80. The van der Waals surface area contributed by atoms with E-state index in [2.05, 4.69) is 6.58 Å². The lowest BCUT2D eigenvalue weighted by atomic mass is 10.1. The third-order valence-corrected chi connectivity index (χ3v) is 2.40. The number of hydrogen-bond donors (Lipinski definition) is 1. The smallest absolute Gasteiger partial charge is 0.317 e. The predicted molar refractivity (Wildman–Crippen MR) is 61.1 cm³/mol. The fraction of sp³-hybridized carbons (Fsp3) is 0.417. The maximum absolute atomic E-state index is 10.8. The number of carboxylic acids is 1. The molecule has 1 unspecified atom stereocenters. The summed E-state index contributed by atoms with van der Waals surface area (Å²) in [7, 11) is 0. The van der Waals surface area contributed by atoms with Crippen molar-refractivity contribution in [3.8, 4) is 0 Å². The SMILES string of the molecule is C=CCN(CC(=O)O)C(CC)c1ccco1. The van der Waals surface area contributed by atoms with Gasteiger partial charge in [0.25, 0.3) is 0 Å². The first-order valence-corrected chi connectivity index (χ1v) is 5.29. The molecule has 1 aromatic rings. The van der Waals surface area contributed by atoms with Crippen LogP contribution in [0.2, 0.25) is 0 Å². The normalized spacial score (nSPS) is 12.6. The van der Waals surface area contributed by atoms with Crippen LogP contribution in [0.1, 0.15) is 25.1 Å². The first-order valence-electron chi connectivity index (χ1n) is 5.29. The molecular weight excluding hydrogens is 206 g/mol. The quantitative estimate of drug-likeness (QED) is 0.721. The lowest BCUT2D eigenvalue weighted by molar-refractivity contribution is -0.138. The molecule has 1 rings (SSSR count). The second kappa shape index (κ2) is 6.12. The van der Waals surface area contributed by atoms with Crippen LogP contribution in [0.15, 0.2) is 35.5 Å². The molecule has 88 valence electrons. The molecule has 0 fully saturated rings. The number of carbonyl (C=O) groups is 1. The molecule has 0 bridgehead atoms. The maximum atomic E-state index is 10.8. The number of nitrogens with zero attached hydrogens (tertiary/aromatic N) is 1. The molecule has 0 spiro atoms. The molecule has 0 saturated carbocycles. The highest BCUT2D eigenvalue weighted by Crippen LogP contribution is 2.24. The van der Waals surface area contributed by atoms with E-state index in [9.17, 15) is 4.79 Å². The van der Waals surface area contributed by atoms with Crippen LogP contribution in [-0.2, 0) is 4.79 Å². The minimum Gasteiger partial charge on any atom is -0.480 e. The summed E-state index contributed by atoms with van der Waals surface area (Å²) in [6, 6.07) is 3.67. The molecule has 1 aromatic heterocycles. The van der Waals surface area contributed by atoms with Gasteiger partial charge in [0.15, 0.2) is 0 Å². The molecule has 0 aromatic carbocycles. The fourth-order valence-corrected chi connectivity index (χ4v) is 1.76. The van der Waals surface area contributed by atoms with Crippen molar-refractivity contribution in [1.82, 2.24) is 4.90 Å². The summed E-state index contributed by atoms with van der Waals surface area (Å²) >= 11 is 0. The van der Waals surface area contributed by atoms with Gasteiger partial charge < -0.3 is 9.52 Å². The van der Waals surface area contributed by atoms with Gasteiger partial charge in [-0.1, -0.05) is 13.0 Å². The van der Waals surface area contributed by atoms with Gasteiger partial charge >= 0.3 is 5.97 Å². The van der Waals surface area contributed by atoms with Crippen molar-refractivity contribution in [3.63, 3.8) is 0 Å². The second-order valence-electron chi connectivity index (χ2n) is 3.55. The summed E-state index contributed by atoms with van der Waals surface area (Å²) in [5.41, 5.74) is 0. The van der Waals surface area contributed by atoms with E-state index in [1.807, 2.05) is 24.0 Å². The Morgan fingerprint density at radius 3 is 2.94 bits per heavy atom. The van der Waals surface area contributed by atoms with Gasteiger partial charge in [0.05, 0.1) is 18.8 Å². The van der Waals surface area contributed by atoms with Crippen LogP contribution in [0.3, 0.4) is 0 Å². The number of rotatable bonds is 7. The molecular formula is C12H17NO3. The van der Waals surface area contributed by atoms with E-state index in [4.69, 9.17) is 9.52 Å². The van der Waals surface area contributed by atoms with Crippen molar-refractivity contribution in [2.45, 2.75) is 19.4 Å². The molecule has 0 amide bonds. The van der Waals surface area contributed by atoms with Gasteiger partial charge in [-0.25, -0.2) is 0 Å². The van der Waals surface area contributed by atoms with Crippen LogP contribution >= 0.6 is 0 Å². The zero-order valence-corrected chi connectivity index (χ0v) is 9.43. The first kappa shape index (κ1) is 12.5. The summed E-state index contributed by atoms with van der Waals surface area (Å²) in [5, 5.41) is 8.85. The van der Waals surface area contributed by atoms with Gasteiger partial charge in [-0.05, 0) is 18.6 Å². The van der Waals surface area contributed by atoms with Crippen LogP contribution in [-0.4, -0.2) is 29.1 Å². The van der Waals surface area contributed by atoms with Gasteiger partial charge in [-0.3, -0.25) is 9.69 Å². The van der Waals surface area contributed by atoms with Crippen LogP contribution in [0.5, 0.6) is 0 Å². The largest absolute Gasteiger partial charge is 0.480 e. The van der Waals surface area contributed by atoms with Gasteiger partial charge in [0.2, 0.25) is 0 Å². The molecule has 0 saturated heterocycles. The average Bonchev–Trinajstić information content (AvgIpc) is 2.71. The third kappa shape index (κ3) is 3.24. The van der Waals surface area contributed by atoms with Crippen LogP contribution in [0.25, 0.3) is 0 Å². The Labute approximate surface area is 95.2 Å². The molecule has 0 aliphatic heterocycles. The van der Waals surface area contributed by atoms with Gasteiger partial charge in [-0.2, -0.15) is 0 Å². The number of carboxylic acid groups (broad SMARTS) is 1. The minimum atomic E-state index is -0.841. The molecule has 1 N–H and O–H groups in total. The maximum Gasteiger partial charge on any atom is 0.317 e. The summed E-state index contributed by atoms with van der Waals surface area (Å²) < 4.78 is 5.33. The van der Waals surface area contributed by atoms with Gasteiger partial charge in [0.1, 0.15) is 5.76 Å². The first-order chi connectivity index (χ1) is 7.69. The third-order valence-electron chi connectivity index (χ3n) is 2.40. The number of furan rings is 1. The van der Waals surface area contributed by atoms with Crippen molar-refractivity contribution in [2.75, 3.05) is 13.1 Å². The summed E-state index contributed by atoms with van der Waals surface area (Å²) in [6.07, 6.45) is 4.11. The number of hydrogen-bond acceptors (Lipinski definition) is 3. The zero-order valence-electron chi connectivity index (χ0n) is 9.43. The van der Waals surface area contributed by atoms with Gasteiger partial charge in [-0.15, -0.1) is 6.58 Å². The number of aliphatic carboxylic acids is 1. The Kier molecular flexibility index (Phi) is 4.79. The average molecular weight is 223 g/mol.